The highest BCUT2D eigenvalue weighted by Crippen LogP contribution is 2.34. The quantitative estimate of drug-likeness (QED) is 0.255. The van der Waals surface area contributed by atoms with Crippen LogP contribution >= 0.6 is 0 Å². The third-order valence-electron chi connectivity index (χ3n) is 9.22. The molecule has 0 radical (unpaired) electrons. The predicted octanol–water partition coefficient (Wildman–Crippen LogP) is 4.46. The summed E-state index contributed by atoms with van der Waals surface area (Å²) in [6.45, 7) is 7.79. The number of nitrogens with one attached hydrogen (secondary N) is 4. The van der Waals surface area contributed by atoms with Gasteiger partial charge in [0.2, 0.25) is 17.7 Å². The van der Waals surface area contributed by atoms with E-state index in [9.17, 15) is 24.0 Å². The zero-order valence-corrected chi connectivity index (χ0v) is 29.3. The molecule has 0 spiro atoms. The molecule has 4 N–H and O–H groups in total. The molecule has 1 aromatic heterocycles. The van der Waals surface area contributed by atoms with Crippen LogP contribution in [0.5, 0.6) is 0 Å². The van der Waals surface area contributed by atoms with Crippen molar-refractivity contribution in [3.63, 3.8) is 0 Å². The Labute approximate surface area is 291 Å². The third-order valence-corrected chi connectivity index (χ3v) is 9.22. The first-order chi connectivity index (χ1) is 23.7. The summed E-state index contributed by atoms with van der Waals surface area (Å²) < 4.78 is 9.31. The largest absolute Gasteiger partial charge is 0.453 e. The molecule has 0 saturated carbocycles. The van der Waals surface area contributed by atoms with Crippen molar-refractivity contribution < 1.29 is 33.4 Å². The molecule has 0 bridgehead atoms. The lowest BCUT2D eigenvalue weighted by molar-refractivity contribution is -0.138. The van der Waals surface area contributed by atoms with Gasteiger partial charge in [0.05, 0.1) is 38.1 Å². The maximum atomic E-state index is 13.4. The molecule has 0 unspecified atom stereocenters. The van der Waals surface area contributed by atoms with Crippen LogP contribution < -0.4 is 16.0 Å². The van der Waals surface area contributed by atoms with Crippen LogP contribution in [0.2, 0.25) is 0 Å². The average Bonchev–Trinajstić information content (AvgIpc) is 3.89. The smallest absolute Gasteiger partial charge is 0.407 e. The number of alkyl carbamates (subject to hydrolysis) is 2. The molecular formula is C36H45N7O7. The van der Waals surface area contributed by atoms with Crippen LogP contribution in [-0.2, 0) is 23.9 Å². The number of carbonyl (C=O) groups excluding carboxylic acids is 5. The van der Waals surface area contributed by atoms with E-state index in [1.165, 1.54) is 14.2 Å². The van der Waals surface area contributed by atoms with E-state index < -0.39 is 23.3 Å². The molecule has 3 heterocycles. The van der Waals surface area contributed by atoms with Gasteiger partial charge in [0.15, 0.2) is 0 Å². The minimum atomic E-state index is -1.16. The first-order valence-electron chi connectivity index (χ1n) is 16.6. The highest BCUT2D eigenvalue weighted by Gasteiger charge is 2.41. The van der Waals surface area contributed by atoms with Crippen molar-refractivity contribution in [1.29, 1.82) is 0 Å². The van der Waals surface area contributed by atoms with E-state index in [4.69, 9.17) is 0 Å². The van der Waals surface area contributed by atoms with Crippen LogP contribution in [0.3, 0.4) is 0 Å². The highest BCUT2D eigenvalue weighted by molar-refractivity contribution is 5.95. The minimum absolute atomic E-state index is 0.165. The number of methoxy groups -OCH3 is 2. The summed E-state index contributed by atoms with van der Waals surface area (Å²) in [6.07, 6.45) is 2.52. The first-order valence-corrected chi connectivity index (χ1v) is 16.6. The van der Waals surface area contributed by atoms with E-state index >= 15 is 0 Å². The standard InChI is InChI=1S/C36H45N7O7/c1-35(2,40-33(47)49-5)31(45)42-19-17-25(21-42)30(44)38-26-15-13-23(14-16-26)22-9-11-24(12-10-22)27-20-37-29(39-27)28-8-7-18-43(28)32(46)36(3,4)41-34(48)50-6/h9-16,20,25,28H,7-8,17-19,21H2,1-6H3,(H,37,39)(H,38,44)(H,40,47)(H,41,48)/t25-,28-/m0/s1. The second-order valence-corrected chi connectivity index (χ2v) is 13.7. The maximum Gasteiger partial charge on any atom is 0.407 e. The molecule has 14 nitrogen and oxygen atoms in total. The van der Waals surface area contributed by atoms with Crippen molar-refractivity contribution in [2.24, 2.45) is 5.92 Å². The second kappa shape index (κ2) is 14.6. The number of benzene rings is 2. The normalized spacial score (nSPS) is 17.6. The molecule has 5 amide bonds. The van der Waals surface area contributed by atoms with E-state index in [-0.39, 0.29) is 36.2 Å². The maximum absolute atomic E-state index is 13.4. The monoisotopic (exact) mass is 687 g/mol. The zero-order chi connectivity index (χ0) is 36.2. The van der Waals surface area contributed by atoms with Crippen molar-refractivity contribution in [3.05, 3.63) is 60.6 Å². The summed E-state index contributed by atoms with van der Waals surface area (Å²) in [7, 11) is 2.50. The number of H-pyrrole nitrogens is 1. The fourth-order valence-corrected chi connectivity index (χ4v) is 6.41. The second-order valence-electron chi connectivity index (χ2n) is 13.7. The van der Waals surface area contributed by atoms with Crippen molar-refractivity contribution in [2.75, 3.05) is 39.2 Å². The Bertz CT molecular complexity index is 1730. The van der Waals surface area contributed by atoms with E-state index in [2.05, 4.69) is 35.4 Å². The average molecular weight is 688 g/mol. The molecule has 5 rings (SSSR count). The summed E-state index contributed by atoms with van der Waals surface area (Å²) in [6, 6.07) is 15.4. The predicted molar refractivity (Wildman–Crippen MR) is 186 cm³/mol. The Kier molecular flexibility index (Phi) is 10.5. The Hall–Kier alpha value is -5.40. The van der Waals surface area contributed by atoms with Crippen LogP contribution in [0.25, 0.3) is 22.4 Å². The Morgan fingerprint density at radius 3 is 1.94 bits per heavy atom. The van der Waals surface area contributed by atoms with E-state index in [0.29, 0.717) is 31.0 Å². The van der Waals surface area contributed by atoms with Gasteiger partial charge >= 0.3 is 12.2 Å². The molecule has 14 heteroatoms. The molecule has 2 aliphatic rings. The lowest BCUT2D eigenvalue weighted by Crippen LogP contribution is -2.55. The third kappa shape index (κ3) is 7.90. The van der Waals surface area contributed by atoms with Crippen LogP contribution in [0, 0.1) is 5.92 Å². The zero-order valence-electron chi connectivity index (χ0n) is 29.3. The number of rotatable bonds is 9. The Morgan fingerprint density at radius 2 is 1.34 bits per heavy atom. The number of anilines is 1. The SMILES string of the molecule is COC(=O)NC(C)(C)C(=O)N1CC[C@H](C(=O)Nc2ccc(-c3ccc(-c4cnc([C@@H]5CCCN5C(=O)C(C)(C)NC(=O)OC)[nH]4)cc3)cc2)C1. The van der Waals surface area contributed by atoms with Crippen molar-refractivity contribution in [1.82, 2.24) is 30.4 Å². The summed E-state index contributed by atoms with van der Waals surface area (Å²) >= 11 is 0. The molecule has 2 aromatic carbocycles. The van der Waals surface area contributed by atoms with Crippen LogP contribution in [0.15, 0.2) is 54.7 Å². The number of likely N-dealkylation sites (tertiary alicyclic amines) is 2. The number of hydrogen-bond donors (Lipinski definition) is 4. The molecule has 0 aliphatic carbocycles. The van der Waals surface area contributed by atoms with Crippen LogP contribution in [0.1, 0.15) is 58.8 Å². The van der Waals surface area contributed by atoms with E-state index in [1.54, 1.807) is 43.7 Å². The molecule has 3 aromatic rings. The summed E-state index contributed by atoms with van der Waals surface area (Å²) in [5.74, 6) is -0.314. The van der Waals surface area contributed by atoms with Crippen LogP contribution in [0.4, 0.5) is 15.3 Å². The van der Waals surface area contributed by atoms with Crippen LogP contribution in [-0.4, -0.2) is 94.6 Å². The van der Waals surface area contributed by atoms with Gasteiger partial charge in [-0.2, -0.15) is 0 Å². The van der Waals surface area contributed by atoms with Gasteiger partial charge in [0, 0.05) is 25.3 Å². The number of nitrogens with zero attached hydrogens (tertiary/aromatic N) is 3. The van der Waals surface area contributed by atoms with Gasteiger partial charge in [-0.15, -0.1) is 0 Å². The number of hydrogen-bond acceptors (Lipinski definition) is 8. The fraction of sp³-hybridized carbons (Fsp3) is 0.444. The number of carbonyl (C=O) groups is 5. The Morgan fingerprint density at radius 1 is 0.780 bits per heavy atom. The van der Waals surface area contributed by atoms with Gasteiger partial charge in [-0.05, 0) is 75.8 Å². The molecule has 266 valence electrons. The van der Waals surface area contributed by atoms with Gasteiger partial charge in [-0.25, -0.2) is 14.6 Å². The molecule has 50 heavy (non-hydrogen) atoms. The molecule has 2 atom stereocenters. The van der Waals surface area contributed by atoms with Gasteiger partial charge in [-0.3, -0.25) is 14.4 Å². The minimum Gasteiger partial charge on any atom is -0.453 e. The number of ether oxygens (including phenoxy) is 2. The van der Waals surface area contributed by atoms with Crippen molar-refractivity contribution in [2.45, 2.75) is 64.1 Å². The number of aromatic amines is 1. The molecule has 2 fully saturated rings. The van der Waals surface area contributed by atoms with Gasteiger partial charge < -0.3 is 40.2 Å². The van der Waals surface area contributed by atoms with Gasteiger partial charge in [0.25, 0.3) is 0 Å². The topological polar surface area (TPSA) is 175 Å². The lowest BCUT2D eigenvalue weighted by atomic mass is 10.0. The number of aromatic nitrogens is 2. The molecule has 2 aliphatic heterocycles. The highest BCUT2D eigenvalue weighted by atomic mass is 16.5. The van der Waals surface area contributed by atoms with Crippen molar-refractivity contribution in [3.8, 4) is 22.4 Å². The van der Waals surface area contributed by atoms with Gasteiger partial charge in [-0.1, -0.05) is 36.4 Å². The van der Waals surface area contributed by atoms with E-state index in [1.807, 2.05) is 48.5 Å². The summed E-state index contributed by atoms with van der Waals surface area (Å²) in [5, 5.41) is 8.12. The summed E-state index contributed by atoms with van der Waals surface area (Å²) in [5.41, 5.74) is 2.10. The lowest BCUT2D eigenvalue weighted by Gasteiger charge is -2.32. The summed E-state index contributed by atoms with van der Waals surface area (Å²) in [4.78, 5) is 74.1. The number of amides is 5. The molecular weight excluding hydrogens is 642 g/mol. The fourth-order valence-electron chi connectivity index (χ4n) is 6.41. The first kappa shape index (κ1) is 35.9. The molecule has 2 saturated heterocycles. The number of imidazole rings is 1. The Balaban J connectivity index is 1.17. The van der Waals surface area contributed by atoms with Crippen molar-refractivity contribution >= 4 is 35.6 Å². The van der Waals surface area contributed by atoms with E-state index in [0.717, 1.165) is 35.2 Å². The van der Waals surface area contributed by atoms with Gasteiger partial charge in [0.1, 0.15) is 16.9 Å².